The first-order valence-corrected chi connectivity index (χ1v) is 4.77. The van der Waals surface area contributed by atoms with E-state index in [-0.39, 0.29) is 12.2 Å². The standard InChI is InChI=1S/C11H13F3O2/c1-7(15)6-8-4-3-5-9(10(8)16-2)11(12,13)14/h3-5,7,15H,6H2,1-2H3/t7-/m1/s1. The summed E-state index contributed by atoms with van der Waals surface area (Å²) in [6.45, 7) is 1.51. The van der Waals surface area contributed by atoms with E-state index in [4.69, 9.17) is 4.74 Å². The number of para-hydroxylation sites is 1. The number of methoxy groups -OCH3 is 1. The molecule has 0 heterocycles. The van der Waals surface area contributed by atoms with Gasteiger partial charge in [0.15, 0.2) is 0 Å². The Bertz CT molecular complexity index is 359. The molecule has 0 amide bonds. The zero-order valence-corrected chi connectivity index (χ0v) is 9.01. The lowest BCUT2D eigenvalue weighted by molar-refractivity contribution is -0.138. The van der Waals surface area contributed by atoms with Gasteiger partial charge in [-0.1, -0.05) is 12.1 Å². The third kappa shape index (κ3) is 2.88. The van der Waals surface area contributed by atoms with Crippen LogP contribution >= 0.6 is 0 Å². The van der Waals surface area contributed by atoms with E-state index in [1.165, 1.54) is 26.2 Å². The van der Waals surface area contributed by atoms with Gasteiger partial charge in [0.25, 0.3) is 0 Å². The van der Waals surface area contributed by atoms with Gasteiger partial charge in [-0.3, -0.25) is 0 Å². The molecule has 1 rings (SSSR count). The van der Waals surface area contributed by atoms with Gasteiger partial charge in [-0.25, -0.2) is 0 Å². The molecule has 0 fully saturated rings. The molecule has 0 aliphatic rings. The van der Waals surface area contributed by atoms with Gasteiger partial charge >= 0.3 is 6.18 Å². The molecule has 0 aliphatic carbocycles. The van der Waals surface area contributed by atoms with E-state index in [1.54, 1.807) is 0 Å². The Kier molecular flexibility index (Phi) is 3.80. The molecule has 0 saturated heterocycles. The molecule has 0 aromatic heterocycles. The minimum absolute atomic E-state index is 0.132. The lowest BCUT2D eigenvalue weighted by Gasteiger charge is -2.16. The van der Waals surface area contributed by atoms with Gasteiger partial charge in [-0.05, 0) is 18.6 Å². The van der Waals surface area contributed by atoms with Gasteiger partial charge in [0, 0.05) is 6.42 Å². The molecule has 5 heteroatoms. The van der Waals surface area contributed by atoms with E-state index in [2.05, 4.69) is 0 Å². The second-order valence-electron chi connectivity index (χ2n) is 3.55. The highest BCUT2D eigenvalue weighted by Gasteiger charge is 2.35. The number of hydrogen-bond acceptors (Lipinski definition) is 2. The summed E-state index contributed by atoms with van der Waals surface area (Å²) in [7, 11) is 1.19. The van der Waals surface area contributed by atoms with E-state index >= 15 is 0 Å². The molecule has 0 spiro atoms. The van der Waals surface area contributed by atoms with Gasteiger partial charge < -0.3 is 9.84 Å². The summed E-state index contributed by atoms with van der Waals surface area (Å²) in [4.78, 5) is 0. The van der Waals surface area contributed by atoms with Crippen molar-refractivity contribution in [3.05, 3.63) is 29.3 Å². The maximum absolute atomic E-state index is 12.6. The minimum Gasteiger partial charge on any atom is -0.496 e. The number of benzene rings is 1. The lowest BCUT2D eigenvalue weighted by atomic mass is 10.0. The molecule has 90 valence electrons. The fourth-order valence-corrected chi connectivity index (χ4v) is 1.53. The molecule has 16 heavy (non-hydrogen) atoms. The number of ether oxygens (including phenoxy) is 1. The van der Waals surface area contributed by atoms with Crippen molar-refractivity contribution in [3.63, 3.8) is 0 Å². The first-order chi connectivity index (χ1) is 7.36. The molecule has 0 saturated carbocycles. The SMILES string of the molecule is COc1c(C[C@@H](C)O)cccc1C(F)(F)F. The van der Waals surface area contributed by atoms with Crippen LogP contribution in [0.2, 0.25) is 0 Å². The highest BCUT2D eigenvalue weighted by atomic mass is 19.4. The Morgan fingerprint density at radius 2 is 2.00 bits per heavy atom. The zero-order chi connectivity index (χ0) is 12.3. The Labute approximate surface area is 91.7 Å². The largest absolute Gasteiger partial charge is 0.496 e. The Morgan fingerprint density at radius 3 is 2.44 bits per heavy atom. The van der Waals surface area contributed by atoms with Crippen molar-refractivity contribution in [1.29, 1.82) is 0 Å². The number of rotatable bonds is 3. The first-order valence-electron chi connectivity index (χ1n) is 4.77. The van der Waals surface area contributed by atoms with Crippen LogP contribution in [0.5, 0.6) is 5.75 Å². The third-order valence-corrected chi connectivity index (χ3v) is 2.12. The zero-order valence-electron chi connectivity index (χ0n) is 9.01. The van der Waals surface area contributed by atoms with Crippen molar-refractivity contribution in [2.45, 2.75) is 25.6 Å². The predicted molar refractivity (Wildman–Crippen MR) is 53.4 cm³/mol. The summed E-state index contributed by atoms with van der Waals surface area (Å²) in [5, 5.41) is 9.18. The molecule has 2 nitrogen and oxygen atoms in total. The summed E-state index contributed by atoms with van der Waals surface area (Å²) in [6, 6.07) is 3.79. The number of aliphatic hydroxyl groups excluding tert-OH is 1. The smallest absolute Gasteiger partial charge is 0.419 e. The van der Waals surface area contributed by atoms with Crippen molar-refractivity contribution in [1.82, 2.24) is 0 Å². The van der Waals surface area contributed by atoms with Gasteiger partial charge in [0.1, 0.15) is 5.75 Å². The van der Waals surface area contributed by atoms with Crippen LogP contribution in [0, 0.1) is 0 Å². The van der Waals surface area contributed by atoms with Crippen molar-refractivity contribution in [2.24, 2.45) is 0 Å². The third-order valence-electron chi connectivity index (χ3n) is 2.12. The van der Waals surface area contributed by atoms with Crippen molar-refractivity contribution < 1.29 is 23.0 Å². The van der Waals surface area contributed by atoms with Crippen LogP contribution in [0.15, 0.2) is 18.2 Å². The molecule has 0 unspecified atom stereocenters. The van der Waals surface area contributed by atoms with Crippen LogP contribution in [0.1, 0.15) is 18.1 Å². The second-order valence-corrected chi connectivity index (χ2v) is 3.55. The number of aliphatic hydroxyl groups is 1. The monoisotopic (exact) mass is 234 g/mol. The average molecular weight is 234 g/mol. The topological polar surface area (TPSA) is 29.5 Å². The number of alkyl halides is 3. The number of hydrogen-bond donors (Lipinski definition) is 1. The van der Waals surface area contributed by atoms with Crippen LogP contribution in [0.25, 0.3) is 0 Å². The maximum Gasteiger partial charge on any atom is 0.419 e. The molecule has 1 aromatic carbocycles. The minimum atomic E-state index is -4.44. The predicted octanol–water partition coefficient (Wildman–Crippen LogP) is 2.64. The highest BCUT2D eigenvalue weighted by molar-refractivity contribution is 5.43. The summed E-state index contributed by atoms with van der Waals surface area (Å²) in [6.07, 6.45) is -5.02. The van der Waals surface area contributed by atoms with E-state index in [1.807, 2.05) is 0 Å². The van der Waals surface area contributed by atoms with E-state index in [9.17, 15) is 18.3 Å². The van der Waals surface area contributed by atoms with Crippen molar-refractivity contribution >= 4 is 0 Å². The number of halogens is 3. The van der Waals surface area contributed by atoms with Gasteiger partial charge in [0.05, 0.1) is 18.8 Å². The summed E-state index contributed by atoms with van der Waals surface area (Å²) < 4.78 is 42.6. The summed E-state index contributed by atoms with van der Waals surface area (Å²) >= 11 is 0. The summed E-state index contributed by atoms with van der Waals surface area (Å²) in [5.74, 6) is -0.212. The molecular formula is C11H13F3O2. The molecule has 1 atom stereocenters. The Morgan fingerprint density at radius 1 is 1.38 bits per heavy atom. The fourth-order valence-electron chi connectivity index (χ4n) is 1.53. The van der Waals surface area contributed by atoms with Gasteiger partial charge in [0.2, 0.25) is 0 Å². The van der Waals surface area contributed by atoms with Crippen LogP contribution < -0.4 is 4.74 Å². The second kappa shape index (κ2) is 4.74. The molecule has 0 aliphatic heterocycles. The quantitative estimate of drug-likeness (QED) is 0.871. The van der Waals surface area contributed by atoms with Crippen LogP contribution in [0.4, 0.5) is 13.2 Å². The van der Waals surface area contributed by atoms with E-state index in [0.29, 0.717) is 5.56 Å². The molecule has 1 aromatic rings. The lowest BCUT2D eigenvalue weighted by Crippen LogP contribution is -2.11. The average Bonchev–Trinajstić information content (AvgIpc) is 2.15. The normalized spacial score (nSPS) is 13.6. The maximum atomic E-state index is 12.6. The first kappa shape index (κ1) is 12.8. The fraction of sp³-hybridized carbons (Fsp3) is 0.455. The van der Waals surface area contributed by atoms with E-state index < -0.39 is 17.8 Å². The van der Waals surface area contributed by atoms with Crippen LogP contribution in [-0.4, -0.2) is 18.3 Å². The van der Waals surface area contributed by atoms with Gasteiger partial charge in [-0.15, -0.1) is 0 Å². The molecule has 0 radical (unpaired) electrons. The van der Waals surface area contributed by atoms with Crippen molar-refractivity contribution in [2.75, 3.05) is 7.11 Å². The molecule has 1 N–H and O–H groups in total. The van der Waals surface area contributed by atoms with Crippen LogP contribution in [0.3, 0.4) is 0 Å². The highest BCUT2D eigenvalue weighted by Crippen LogP contribution is 2.38. The Hall–Kier alpha value is -1.23. The summed E-state index contributed by atoms with van der Waals surface area (Å²) in [5.41, 5.74) is -0.458. The van der Waals surface area contributed by atoms with E-state index in [0.717, 1.165) is 6.07 Å². The Balaban J connectivity index is 3.21. The van der Waals surface area contributed by atoms with Gasteiger partial charge in [-0.2, -0.15) is 13.2 Å². The van der Waals surface area contributed by atoms with Crippen molar-refractivity contribution in [3.8, 4) is 5.75 Å². The molecular weight excluding hydrogens is 221 g/mol. The molecule has 0 bridgehead atoms. The van der Waals surface area contributed by atoms with Crippen LogP contribution in [-0.2, 0) is 12.6 Å².